The number of anilines is 1. The first-order valence-electron chi connectivity index (χ1n) is 7.19. The molecule has 0 saturated carbocycles. The van der Waals surface area contributed by atoms with Gasteiger partial charge in [-0.05, 0) is 50.6 Å². The van der Waals surface area contributed by atoms with Crippen LogP contribution in [0.1, 0.15) is 25.2 Å². The summed E-state index contributed by atoms with van der Waals surface area (Å²) in [6, 6.07) is 8.70. The number of amides is 2. The number of rotatable bonds is 5. The molecule has 122 valence electrons. The van der Waals surface area contributed by atoms with Gasteiger partial charge in [0, 0.05) is 10.7 Å². The highest BCUT2D eigenvalue weighted by atomic mass is 35.5. The van der Waals surface area contributed by atoms with E-state index in [0.29, 0.717) is 16.5 Å². The Morgan fingerprint density at radius 1 is 1.22 bits per heavy atom. The molecule has 0 spiro atoms. The average molecular weight is 335 g/mol. The van der Waals surface area contributed by atoms with E-state index in [1.54, 1.807) is 38.1 Å². The van der Waals surface area contributed by atoms with Crippen LogP contribution in [0.2, 0.25) is 5.02 Å². The second-order valence-electron chi connectivity index (χ2n) is 5.81. The molecule has 0 aliphatic heterocycles. The number of aryl methyl sites for hydroxylation is 1. The van der Waals surface area contributed by atoms with Crippen molar-refractivity contribution < 1.29 is 14.0 Å². The maximum absolute atomic E-state index is 12.4. The minimum Gasteiger partial charge on any atom is -0.467 e. The number of nitrogens with one attached hydrogen (secondary N) is 2. The molecule has 2 aromatic rings. The molecule has 2 rings (SSSR count). The Balaban J connectivity index is 2.00. The van der Waals surface area contributed by atoms with Gasteiger partial charge in [-0.1, -0.05) is 17.7 Å². The molecule has 1 aromatic carbocycles. The number of carbonyl (C=O) groups is 2. The molecule has 1 aromatic heterocycles. The number of carbonyl (C=O) groups excluding carboxylic acids is 2. The Morgan fingerprint density at radius 3 is 2.57 bits per heavy atom. The second-order valence-corrected chi connectivity index (χ2v) is 6.21. The number of halogens is 1. The summed E-state index contributed by atoms with van der Waals surface area (Å²) < 4.78 is 5.15. The molecule has 0 fully saturated rings. The van der Waals surface area contributed by atoms with E-state index in [9.17, 15) is 9.59 Å². The lowest BCUT2D eigenvalue weighted by molar-refractivity contribution is -0.138. The van der Waals surface area contributed by atoms with Crippen LogP contribution < -0.4 is 10.6 Å². The first-order valence-corrected chi connectivity index (χ1v) is 7.57. The van der Waals surface area contributed by atoms with E-state index in [-0.39, 0.29) is 12.5 Å². The topological polar surface area (TPSA) is 71.3 Å². The first-order chi connectivity index (χ1) is 10.8. The second kappa shape index (κ2) is 6.87. The molecule has 0 radical (unpaired) electrons. The minimum atomic E-state index is -1.23. The van der Waals surface area contributed by atoms with Gasteiger partial charge in [-0.2, -0.15) is 0 Å². The molecule has 6 heteroatoms. The van der Waals surface area contributed by atoms with Crippen LogP contribution in [-0.2, 0) is 16.1 Å². The smallest absolute Gasteiger partial charge is 0.239 e. The van der Waals surface area contributed by atoms with E-state index in [0.717, 1.165) is 5.56 Å². The van der Waals surface area contributed by atoms with Gasteiger partial charge in [0.15, 0.2) is 0 Å². The molecular weight excluding hydrogens is 316 g/mol. The molecule has 2 amide bonds. The van der Waals surface area contributed by atoms with Crippen LogP contribution in [0.4, 0.5) is 5.69 Å². The third-order valence-corrected chi connectivity index (χ3v) is 3.98. The number of hydrogen-bond donors (Lipinski definition) is 2. The molecule has 0 bridgehead atoms. The van der Waals surface area contributed by atoms with Gasteiger partial charge in [-0.25, -0.2) is 0 Å². The third kappa shape index (κ3) is 4.13. The monoisotopic (exact) mass is 334 g/mol. The van der Waals surface area contributed by atoms with Crippen LogP contribution in [0.5, 0.6) is 0 Å². The van der Waals surface area contributed by atoms with Crippen molar-refractivity contribution in [2.45, 2.75) is 27.3 Å². The quantitative estimate of drug-likeness (QED) is 0.822. The van der Waals surface area contributed by atoms with Crippen molar-refractivity contribution in [3.8, 4) is 0 Å². The fourth-order valence-electron chi connectivity index (χ4n) is 1.86. The van der Waals surface area contributed by atoms with Crippen molar-refractivity contribution in [2.75, 3.05) is 5.32 Å². The lowest BCUT2D eigenvalue weighted by Crippen LogP contribution is -2.44. The summed E-state index contributed by atoms with van der Waals surface area (Å²) in [5, 5.41) is 5.97. The third-order valence-electron chi connectivity index (χ3n) is 3.57. The molecule has 5 nitrogen and oxygen atoms in total. The van der Waals surface area contributed by atoms with Crippen LogP contribution in [0.25, 0.3) is 0 Å². The largest absolute Gasteiger partial charge is 0.467 e. The highest BCUT2D eigenvalue weighted by Gasteiger charge is 2.36. The minimum absolute atomic E-state index is 0.235. The van der Waals surface area contributed by atoms with Gasteiger partial charge in [-0.3, -0.25) is 9.59 Å². The van der Waals surface area contributed by atoms with E-state index in [2.05, 4.69) is 10.6 Å². The van der Waals surface area contributed by atoms with Crippen LogP contribution in [0.3, 0.4) is 0 Å². The summed E-state index contributed by atoms with van der Waals surface area (Å²) in [4.78, 5) is 24.7. The maximum atomic E-state index is 12.4. The van der Waals surface area contributed by atoms with Gasteiger partial charge in [0.1, 0.15) is 11.2 Å². The SMILES string of the molecule is Cc1ccc(NC(=O)C(C)(C)C(=O)NCc2ccco2)cc1Cl. The van der Waals surface area contributed by atoms with E-state index in [1.807, 2.05) is 13.0 Å². The summed E-state index contributed by atoms with van der Waals surface area (Å²) in [7, 11) is 0. The molecule has 0 atom stereocenters. The summed E-state index contributed by atoms with van der Waals surface area (Å²) in [6.07, 6.45) is 1.53. The highest BCUT2D eigenvalue weighted by molar-refractivity contribution is 6.31. The molecule has 0 saturated heterocycles. The van der Waals surface area contributed by atoms with Gasteiger partial charge in [0.25, 0.3) is 0 Å². The Labute approximate surface area is 140 Å². The lowest BCUT2D eigenvalue weighted by atomic mass is 9.91. The van der Waals surface area contributed by atoms with Gasteiger partial charge >= 0.3 is 0 Å². The predicted molar refractivity (Wildman–Crippen MR) is 89.2 cm³/mol. The number of benzene rings is 1. The standard InChI is InChI=1S/C17H19ClN2O3/c1-11-6-7-12(9-14(11)18)20-16(22)17(2,3)15(21)19-10-13-5-4-8-23-13/h4-9H,10H2,1-3H3,(H,19,21)(H,20,22). The van der Waals surface area contributed by atoms with Crippen molar-refractivity contribution in [2.24, 2.45) is 5.41 Å². The van der Waals surface area contributed by atoms with Crippen LogP contribution in [0.15, 0.2) is 41.0 Å². The molecule has 1 heterocycles. The van der Waals surface area contributed by atoms with E-state index >= 15 is 0 Å². The molecule has 0 aliphatic carbocycles. The summed E-state index contributed by atoms with van der Waals surface area (Å²) >= 11 is 6.04. The Morgan fingerprint density at radius 2 is 1.96 bits per heavy atom. The molecule has 0 unspecified atom stereocenters. The van der Waals surface area contributed by atoms with Gasteiger partial charge in [0.2, 0.25) is 11.8 Å². The van der Waals surface area contributed by atoms with Crippen molar-refractivity contribution >= 4 is 29.1 Å². The summed E-state index contributed by atoms with van der Waals surface area (Å²) in [5.41, 5.74) is 0.238. The molecule has 0 aliphatic rings. The van der Waals surface area contributed by atoms with E-state index in [4.69, 9.17) is 16.0 Å². The maximum Gasteiger partial charge on any atom is 0.239 e. The van der Waals surface area contributed by atoms with Crippen molar-refractivity contribution in [1.82, 2.24) is 5.32 Å². The van der Waals surface area contributed by atoms with Crippen molar-refractivity contribution in [3.05, 3.63) is 52.9 Å². The van der Waals surface area contributed by atoms with Crippen molar-refractivity contribution in [3.63, 3.8) is 0 Å². The molecular formula is C17H19ClN2O3. The normalized spacial score (nSPS) is 11.1. The summed E-state index contributed by atoms with van der Waals surface area (Å²) in [6.45, 7) is 5.24. The lowest BCUT2D eigenvalue weighted by Gasteiger charge is -2.22. The fraction of sp³-hybridized carbons (Fsp3) is 0.294. The zero-order valence-corrected chi connectivity index (χ0v) is 14.0. The van der Waals surface area contributed by atoms with Gasteiger partial charge in [-0.15, -0.1) is 0 Å². The van der Waals surface area contributed by atoms with Crippen LogP contribution in [-0.4, -0.2) is 11.8 Å². The van der Waals surface area contributed by atoms with Gasteiger partial charge in [0.05, 0.1) is 12.8 Å². The Hall–Kier alpha value is -2.27. The van der Waals surface area contributed by atoms with E-state index < -0.39 is 11.3 Å². The highest BCUT2D eigenvalue weighted by Crippen LogP contribution is 2.23. The Bertz CT molecular complexity index is 709. The Kier molecular flexibility index (Phi) is 5.11. The predicted octanol–water partition coefficient (Wildman–Crippen LogP) is 3.52. The average Bonchev–Trinajstić information content (AvgIpc) is 3.01. The molecule has 23 heavy (non-hydrogen) atoms. The number of furan rings is 1. The zero-order chi connectivity index (χ0) is 17.0. The van der Waals surface area contributed by atoms with Gasteiger partial charge < -0.3 is 15.1 Å². The zero-order valence-electron chi connectivity index (χ0n) is 13.3. The van der Waals surface area contributed by atoms with Crippen molar-refractivity contribution in [1.29, 1.82) is 0 Å². The fourth-order valence-corrected chi connectivity index (χ4v) is 2.04. The first kappa shape index (κ1) is 17.1. The van der Waals surface area contributed by atoms with E-state index in [1.165, 1.54) is 6.26 Å². The number of hydrogen-bond acceptors (Lipinski definition) is 3. The van der Waals surface area contributed by atoms with Crippen LogP contribution >= 0.6 is 11.6 Å². The summed E-state index contributed by atoms with van der Waals surface area (Å²) in [5.74, 6) is -0.168. The van der Waals surface area contributed by atoms with Crippen LogP contribution in [0, 0.1) is 12.3 Å². The molecule has 2 N–H and O–H groups in total.